The van der Waals surface area contributed by atoms with Crippen molar-refractivity contribution < 1.29 is 0 Å². The number of rotatable bonds is 6. The van der Waals surface area contributed by atoms with Crippen molar-refractivity contribution in [2.45, 2.75) is 46.1 Å². The number of aryl methyl sites for hydroxylation is 1. The lowest BCUT2D eigenvalue weighted by molar-refractivity contribution is 0.482. The van der Waals surface area contributed by atoms with Crippen molar-refractivity contribution in [2.75, 3.05) is 6.54 Å². The van der Waals surface area contributed by atoms with Crippen molar-refractivity contribution in [2.24, 2.45) is 0 Å². The first-order chi connectivity index (χ1) is 7.27. The summed E-state index contributed by atoms with van der Waals surface area (Å²) in [4.78, 5) is 8.60. The van der Waals surface area contributed by atoms with Gasteiger partial charge in [0, 0.05) is 12.2 Å². The molecule has 1 aromatic rings. The van der Waals surface area contributed by atoms with E-state index >= 15 is 0 Å². The topological polar surface area (TPSA) is 37.8 Å². The third kappa shape index (κ3) is 3.96. The van der Waals surface area contributed by atoms with E-state index in [-0.39, 0.29) is 0 Å². The van der Waals surface area contributed by atoms with Crippen LogP contribution in [0.5, 0.6) is 0 Å². The lowest BCUT2D eigenvalue weighted by Gasteiger charge is -2.16. The molecule has 15 heavy (non-hydrogen) atoms. The summed E-state index contributed by atoms with van der Waals surface area (Å²) in [5.74, 6) is 0.854. The van der Waals surface area contributed by atoms with E-state index in [4.69, 9.17) is 0 Å². The molecule has 0 fully saturated rings. The normalized spacial score (nSPS) is 12.7. The van der Waals surface area contributed by atoms with Crippen LogP contribution in [0.4, 0.5) is 0 Å². The van der Waals surface area contributed by atoms with E-state index in [1.54, 1.807) is 0 Å². The fourth-order valence-electron chi connectivity index (χ4n) is 1.68. The van der Waals surface area contributed by atoms with Gasteiger partial charge in [-0.3, -0.25) is 0 Å². The molecule has 0 radical (unpaired) electrons. The van der Waals surface area contributed by atoms with Gasteiger partial charge in [0.1, 0.15) is 5.82 Å². The SMILES string of the molecule is CCCCC(NCC)c1ccnc(C)n1. The molecule has 3 heteroatoms. The summed E-state index contributed by atoms with van der Waals surface area (Å²) < 4.78 is 0. The largest absolute Gasteiger partial charge is 0.309 e. The Bertz CT molecular complexity index is 286. The Balaban J connectivity index is 2.69. The zero-order valence-corrected chi connectivity index (χ0v) is 9.95. The van der Waals surface area contributed by atoms with Gasteiger partial charge in [0.2, 0.25) is 0 Å². The van der Waals surface area contributed by atoms with Crippen LogP contribution in [0.1, 0.15) is 50.7 Å². The minimum atomic E-state index is 0.386. The maximum Gasteiger partial charge on any atom is 0.125 e. The maximum atomic E-state index is 4.47. The Labute approximate surface area is 92.3 Å². The zero-order valence-electron chi connectivity index (χ0n) is 9.95. The van der Waals surface area contributed by atoms with Crippen LogP contribution in [0.15, 0.2) is 12.3 Å². The van der Waals surface area contributed by atoms with Gasteiger partial charge in [0.25, 0.3) is 0 Å². The van der Waals surface area contributed by atoms with Crippen molar-refractivity contribution in [1.82, 2.24) is 15.3 Å². The van der Waals surface area contributed by atoms with Gasteiger partial charge in [0.05, 0.1) is 5.69 Å². The van der Waals surface area contributed by atoms with Crippen LogP contribution in [0.3, 0.4) is 0 Å². The van der Waals surface area contributed by atoms with Crippen LogP contribution < -0.4 is 5.32 Å². The first kappa shape index (κ1) is 12.1. The van der Waals surface area contributed by atoms with Crippen LogP contribution in [0.2, 0.25) is 0 Å². The van der Waals surface area contributed by atoms with Crippen molar-refractivity contribution in [3.05, 3.63) is 23.8 Å². The molecule has 0 spiro atoms. The molecule has 1 aromatic heterocycles. The highest BCUT2D eigenvalue weighted by Crippen LogP contribution is 2.16. The minimum Gasteiger partial charge on any atom is -0.309 e. The molecule has 0 aromatic carbocycles. The number of hydrogen-bond donors (Lipinski definition) is 1. The Kier molecular flexibility index (Phi) is 5.26. The predicted molar refractivity (Wildman–Crippen MR) is 62.7 cm³/mol. The number of hydrogen-bond acceptors (Lipinski definition) is 3. The highest BCUT2D eigenvalue weighted by atomic mass is 15.0. The fourth-order valence-corrected chi connectivity index (χ4v) is 1.68. The van der Waals surface area contributed by atoms with Gasteiger partial charge < -0.3 is 5.32 Å². The fraction of sp³-hybridized carbons (Fsp3) is 0.667. The van der Waals surface area contributed by atoms with E-state index < -0.39 is 0 Å². The molecule has 0 aliphatic heterocycles. The van der Waals surface area contributed by atoms with E-state index in [2.05, 4.69) is 29.1 Å². The zero-order chi connectivity index (χ0) is 11.1. The molecular weight excluding hydrogens is 186 g/mol. The molecule has 0 aliphatic rings. The molecule has 0 amide bonds. The number of nitrogens with one attached hydrogen (secondary N) is 1. The Hall–Kier alpha value is -0.960. The average Bonchev–Trinajstić information content (AvgIpc) is 2.24. The molecule has 1 unspecified atom stereocenters. The summed E-state index contributed by atoms with van der Waals surface area (Å²) >= 11 is 0. The molecule has 0 aliphatic carbocycles. The molecule has 0 bridgehead atoms. The highest BCUT2D eigenvalue weighted by molar-refractivity contribution is 5.07. The molecular formula is C12H21N3. The number of aromatic nitrogens is 2. The van der Waals surface area contributed by atoms with Gasteiger partial charge >= 0.3 is 0 Å². The van der Waals surface area contributed by atoms with E-state index in [9.17, 15) is 0 Å². The third-order valence-electron chi connectivity index (χ3n) is 2.45. The van der Waals surface area contributed by atoms with Crippen molar-refractivity contribution in [1.29, 1.82) is 0 Å². The van der Waals surface area contributed by atoms with Crippen LogP contribution in [-0.2, 0) is 0 Å². The second-order valence-electron chi connectivity index (χ2n) is 3.78. The van der Waals surface area contributed by atoms with Gasteiger partial charge in [-0.05, 0) is 26.0 Å². The van der Waals surface area contributed by atoms with E-state index in [1.807, 2.05) is 19.2 Å². The highest BCUT2D eigenvalue weighted by Gasteiger charge is 2.10. The molecule has 84 valence electrons. The van der Waals surface area contributed by atoms with Crippen LogP contribution >= 0.6 is 0 Å². The third-order valence-corrected chi connectivity index (χ3v) is 2.45. The van der Waals surface area contributed by atoms with E-state index in [0.29, 0.717) is 6.04 Å². The number of unbranched alkanes of at least 4 members (excludes halogenated alkanes) is 1. The van der Waals surface area contributed by atoms with Gasteiger partial charge in [0.15, 0.2) is 0 Å². The van der Waals surface area contributed by atoms with Crippen molar-refractivity contribution >= 4 is 0 Å². The van der Waals surface area contributed by atoms with Gasteiger partial charge in [-0.2, -0.15) is 0 Å². The van der Waals surface area contributed by atoms with Gasteiger partial charge in [-0.1, -0.05) is 26.7 Å². The first-order valence-corrected chi connectivity index (χ1v) is 5.80. The molecule has 3 nitrogen and oxygen atoms in total. The average molecular weight is 207 g/mol. The molecule has 0 saturated carbocycles. The van der Waals surface area contributed by atoms with Gasteiger partial charge in [-0.25, -0.2) is 9.97 Å². The summed E-state index contributed by atoms with van der Waals surface area (Å²) in [5, 5.41) is 3.47. The Morgan fingerprint density at radius 1 is 1.40 bits per heavy atom. The summed E-state index contributed by atoms with van der Waals surface area (Å²) in [6.45, 7) is 7.27. The quantitative estimate of drug-likeness (QED) is 0.779. The number of nitrogens with zero attached hydrogens (tertiary/aromatic N) is 2. The molecule has 1 rings (SSSR count). The van der Waals surface area contributed by atoms with E-state index in [1.165, 1.54) is 12.8 Å². The predicted octanol–water partition coefficient (Wildman–Crippen LogP) is 2.63. The lowest BCUT2D eigenvalue weighted by atomic mass is 10.1. The van der Waals surface area contributed by atoms with Crippen LogP contribution in [-0.4, -0.2) is 16.5 Å². The Morgan fingerprint density at radius 3 is 2.80 bits per heavy atom. The van der Waals surface area contributed by atoms with Crippen LogP contribution in [0, 0.1) is 6.92 Å². The van der Waals surface area contributed by atoms with Crippen molar-refractivity contribution in [3.8, 4) is 0 Å². The summed E-state index contributed by atoms with van der Waals surface area (Å²) in [6, 6.07) is 2.40. The lowest BCUT2D eigenvalue weighted by Crippen LogP contribution is -2.22. The standard InChI is InChI=1S/C12H21N3/c1-4-6-7-11(13-5-2)12-8-9-14-10(3)15-12/h8-9,11,13H,4-7H2,1-3H3. The monoisotopic (exact) mass is 207 g/mol. The summed E-state index contributed by atoms with van der Waals surface area (Å²) in [6.07, 6.45) is 5.46. The van der Waals surface area contributed by atoms with E-state index in [0.717, 1.165) is 24.5 Å². The summed E-state index contributed by atoms with van der Waals surface area (Å²) in [7, 11) is 0. The molecule has 1 N–H and O–H groups in total. The second kappa shape index (κ2) is 6.51. The Morgan fingerprint density at radius 2 is 2.20 bits per heavy atom. The van der Waals surface area contributed by atoms with Crippen LogP contribution in [0.25, 0.3) is 0 Å². The molecule has 0 saturated heterocycles. The first-order valence-electron chi connectivity index (χ1n) is 5.80. The molecule has 1 heterocycles. The smallest absolute Gasteiger partial charge is 0.125 e. The second-order valence-corrected chi connectivity index (χ2v) is 3.78. The minimum absolute atomic E-state index is 0.386. The summed E-state index contributed by atoms with van der Waals surface area (Å²) in [5.41, 5.74) is 1.12. The van der Waals surface area contributed by atoms with Crippen molar-refractivity contribution in [3.63, 3.8) is 0 Å². The van der Waals surface area contributed by atoms with Gasteiger partial charge in [-0.15, -0.1) is 0 Å². The molecule has 1 atom stereocenters. The maximum absolute atomic E-state index is 4.47.